The van der Waals surface area contributed by atoms with E-state index in [9.17, 15) is 5.11 Å². The Kier molecular flexibility index (Phi) is 3.31. The van der Waals surface area contributed by atoms with Crippen molar-refractivity contribution in [1.29, 1.82) is 0 Å². The van der Waals surface area contributed by atoms with Gasteiger partial charge >= 0.3 is 0 Å². The van der Waals surface area contributed by atoms with Crippen LogP contribution in [0.5, 0.6) is 5.75 Å². The normalized spacial score (nSPS) is 18.3. The number of aromatic hydroxyl groups is 1. The smallest absolute Gasteiger partial charge is 0.160 e. The Hall–Kier alpha value is -2.40. The lowest BCUT2D eigenvalue weighted by molar-refractivity contribution is 0.210. The van der Waals surface area contributed by atoms with Gasteiger partial charge in [-0.25, -0.2) is 0 Å². The van der Waals surface area contributed by atoms with Crippen LogP contribution in [0.3, 0.4) is 0 Å². The Balaban J connectivity index is 1.89. The number of phenols is 1. The average Bonchev–Trinajstić information content (AvgIpc) is 2.94. The fraction of sp³-hybridized carbons (Fsp3) is 0.333. The van der Waals surface area contributed by atoms with Gasteiger partial charge in [0.05, 0.1) is 5.69 Å². The predicted molar refractivity (Wildman–Crippen MR) is 90.4 cm³/mol. The summed E-state index contributed by atoms with van der Waals surface area (Å²) >= 11 is 0. The predicted octanol–water partition coefficient (Wildman–Crippen LogP) is 3.27. The van der Waals surface area contributed by atoms with Gasteiger partial charge in [-0.15, -0.1) is 10.2 Å². The number of para-hydroxylation sites is 1. The van der Waals surface area contributed by atoms with Crippen molar-refractivity contribution < 1.29 is 5.11 Å². The fourth-order valence-electron chi connectivity index (χ4n) is 3.62. The second-order valence-electron chi connectivity index (χ2n) is 6.08. The summed E-state index contributed by atoms with van der Waals surface area (Å²) in [5.41, 5.74) is 4.84. The van der Waals surface area contributed by atoms with E-state index in [1.165, 1.54) is 11.3 Å². The molecule has 0 saturated carbocycles. The molecule has 0 bridgehead atoms. The number of nitrogens with zero attached hydrogens (tertiary/aromatic N) is 3. The van der Waals surface area contributed by atoms with Crippen molar-refractivity contribution in [2.45, 2.75) is 26.3 Å². The highest BCUT2D eigenvalue weighted by Crippen LogP contribution is 2.36. The molecule has 0 saturated heterocycles. The topological polar surface area (TPSA) is 65.0 Å². The van der Waals surface area contributed by atoms with Gasteiger partial charge in [0.25, 0.3) is 0 Å². The molecule has 118 valence electrons. The molecule has 3 aromatic rings. The maximum Gasteiger partial charge on any atom is 0.160 e. The summed E-state index contributed by atoms with van der Waals surface area (Å²) in [5.74, 6) is 0.230. The van der Waals surface area contributed by atoms with Crippen molar-refractivity contribution in [2.24, 2.45) is 0 Å². The Bertz CT molecular complexity index is 871. The number of phenolic OH excluding ortho intramolecular Hbond substituents is 1. The van der Waals surface area contributed by atoms with Gasteiger partial charge in [-0.05, 0) is 37.2 Å². The van der Waals surface area contributed by atoms with E-state index in [-0.39, 0.29) is 5.75 Å². The molecule has 1 aliphatic rings. The zero-order chi connectivity index (χ0) is 16.0. The third kappa shape index (κ3) is 2.19. The summed E-state index contributed by atoms with van der Waals surface area (Å²) in [6, 6.07) is 9.65. The minimum absolute atomic E-state index is 0.230. The van der Waals surface area contributed by atoms with Crippen LogP contribution in [0.25, 0.3) is 22.3 Å². The highest BCUT2D eigenvalue weighted by atomic mass is 16.3. The van der Waals surface area contributed by atoms with Crippen molar-refractivity contribution in [2.75, 3.05) is 13.1 Å². The molecule has 0 amide bonds. The first kappa shape index (κ1) is 14.2. The van der Waals surface area contributed by atoms with Crippen LogP contribution in [0.4, 0.5) is 0 Å². The van der Waals surface area contributed by atoms with E-state index in [0.717, 1.165) is 30.5 Å². The molecule has 2 aromatic heterocycles. The van der Waals surface area contributed by atoms with Gasteiger partial charge in [0.15, 0.2) is 5.65 Å². The van der Waals surface area contributed by atoms with Gasteiger partial charge in [-0.2, -0.15) is 0 Å². The standard InChI is InChI=1S/C18H20N4O/c1-3-22-9-8-14-17(11(22)2)13-10-15(20-21-18(13)19-14)12-6-4-5-7-16(12)23/h4-7,10-11,23H,3,8-9H2,1-2H3,(H,19,21)/t11-/m1/s1. The maximum absolute atomic E-state index is 10.1. The van der Waals surface area contributed by atoms with Gasteiger partial charge < -0.3 is 10.1 Å². The van der Waals surface area contributed by atoms with Crippen LogP contribution in [0.1, 0.15) is 31.1 Å². The van der Waals surface area contributed by atoms with Crippen LogP contribution in [0, 0.1) is 0 Å². The first-order valence-electron chi connectivity index (χ1n) is 8.09. The summed E-state index contributed by atoms with van der Waals surface area (Å²) in [7, 11) is 0. The highest BCUT2D eigenvalue weighted by molar-refractivity contribution is 5.86. The molecule has 0 fully saturated rings. The van der Waals surface area contributed by atoms with E-state index in [4.69, 9.17) is 0 Å². The molecule has 0 spiro atoms. The first-order valence-corrected chi connectivity index (χ1v) is 8.09. The zero-order valence-electron chi connectivity index (χ0n) is 13.4. The summed E-state index contributed by atoms with van der Waals surface area (Å²) in [5, 5.41) is 19.8. The van der Waals surface area contributed by atoms with E-state index in [2.05, 4.69) is 33.9 Å². The second-order valence-corrected chi connectivity index (χ2v) is 6.08. The van der Waals surface area contributed by atoms with Crippen molar-refractivity contribution in [3.8, 4) is 17.0 Å². The molecule has 5 heteroatoms. The molecule has 0 unspecified atom stereocenters. The number of hydrogen-bond acceptors (Lipinski definition) is 4. The number of aromatic nitrogens is 3. The van der Waals surface area contributed by atoms with E-state index >= 15 is 0 Å². The Morgan fingerprint density at radius 1 is 1.30 bits per heavy atom. The molecule has 5 nitrogen and oxygen atoms in total. The lowest BCUT2D eigenvalue weighted by Crippen LogP contribution is -2.33. The fourth-order valence-corrected chi connectivity index (χ4v) is 3.62. The van der Waals surface area contributed by atoms with Gasteiger partial charge in [-0.3, -0.25) is 4.90 Å². The number of fused-ring (bicyclic) bond motifs is 3. The number of H-pyrrole nitrogens is 1. The minimum atomic E-state index is 0.230. The lowest BCUT2D eigenvalue weighted by Gasteiger charge is -2.32. The third-order valence-electron chi connectivity index (χ3n) is 4.88. The summed E-state index contributed by atoms with van der Waals surface area (Å²) in [4.78, 5) is 5.89. The quantitative estimate of drug-likeness (QED) is 0.762. The number of aromatic amines is 1. The van der Waals surface area contributed by atoms with Crippen LogP contribution >= 0.6 is 0 Å². The lowest BCUT2D eigenvalue weighted by atomic mass is 9.97. The van der Waals surface area contributed by atoms with E-state index < -0.39 is 0 Å². The maximum atomic E-state index is 10.1. The number of hydrogen-bond donors (Lipinski definition) is 2. The van der Waals surface area contributed by atoms with E-state index in [0.29, 0.717) is 17.3 Å². The van der Waals surface area contributed by atoms with Crippen molar-refractivity contribution in [1.82, 2.24) is 20.1 Å². The van der Waals surface area contributed by atoms with Crippen LogP contribution in [0.2, 0.25) is 0 Å². The molecule has 1 atom stereocenters. The molecule has 2 N–H and O–H groups in total. The molecule has 3 heterocycles. The van der Waals surface area contributed by atoms with Crippen molar-refractivity contribution in [3.63, 3.8) is 0 Å². The SMILES string of the molecule is CCN1CCc2[nH]c3nnc(-c4ccccc4O)cc3c2[C@H]1C. The van der Waals surface area contributed by atoms with Crippen LogP contribution in [-0.2, 0) is 6.42 Å². The molecule has 0 aliphatic carbocycles. The number of likely N-dealkylation sites (N-methyl/N-ethyl adjacent to an activating group) is 1. The first-order chi connectivity index (χ1) is 11.2. The van der Waals surface area contributed by atoms with E-state index in [1.807, 2.05) is 24.3 Å². The second kappa shape index (κ2) is 5.35. The number of rotatable bonds is 2. The Morgan fingerprint density at radius 2 is 2.13 bits per heavy atom. The summed E-state index contributed by atoms with van der Waals surface area (Å²) in [6.07, 6.45) is 1.01. The van der Waals surface area contributed by atoms with Crippen molar-refractivity contribution in [3.05, 3.63) is 41.6 Å². The van der Waals surface area contributed by atoms with Crippen LogP contribution < -0.4 is 0 Å². The summed E-state index contributed by atoms with van der Waals surface area (Å²) in [6.45, 7) is 6.55. The molecular weight excluding hydrogens is 288 g/mol. The monoisotopic (exact) mass is 308 g/mol. The molecular formula is C18H20N4O. The third-order valence-corrected chi connectivity index (χ3v) is 4.88. The summed E-state index contributed by atoms with van der Waals surface area (Å²) < 4.78 is 0. The zero-order valence-corrected chi connectivity index (χ0v) is 13.4. The molecule has 23 heavy (non-hydrogen) atoms. The van der Waals surface area contributed by atoms with Crippen LogP contribution in [-0.4, -0.2) is 38.3 Å². The molecule has 4 rings (SSSR count). The highest BCUT2D eigenvalue weighted by Gasteiger charge is 2.27. The largest absolute Gasteiger partial charge is 0.507 e. The van der Waals surface area contributed by atoms with Crippen LogP contribution in [0.15, 0.2) is 30.3 Å². The molecule has 1 aromatic carbocycles. The van der Waals surface area contributed by atoms with Crippen molar-refractivity contribution >= 4 is 11.0 Å². The number of nitrogens with one attached hydrogen (secondary N) is 1. The van der Waals surface area contributed by atoms with Gasteiger partial charge in [-0.1, -0.05) is 19.1 Å². The molecule has 1 aliphatic heterocycles. The molecule has 0 radical (unpaired) electrons. The van der Waals surface area contributed by atoms with Gasteiger partial charge in [0.2, 0.25) is 0 Å². The number of benzene rings is 1. The average molecular weight is 308 g/mol. The Morgan fingerprint density at radius 3 is 2.91 bits per heavy atom. The van der Waals surface area contributed by atoms with Gasteiger partial charge in [0, 0.05) is 35.7 Å². The van der Waals surface area contributed by atoms with Gasteiger partial charge in [0.1, 0.15) is 5.75 Å². The minimum Gasteiger partial charge on any atom is -0.507 e. The van der Waals surface area contributed by atoms with E-state index in [1.54, 1.807) is 6.07 Å². The Labute approximate surface area is 135 Å².